The third-order valence-corrected chi connectivity index (χ3v) is 6.90. The van der Waals surface area contributed by atoms with Crippen molar-refractivity contribution in [2.24, 2.45) is 7.05 Å². The molecule has 12 heteroatoms. The van der Waals surface area contributed by atoms with Crippen LogP contribution in [0.4, 0.5) is 10.5 Å². The van der Waals surface area contributed by atoms with Gasteiger partial charge in [0.1, 0.15) is 0 Å². The van der Waals surface area contributed by atoms with Crippen molar-refractivity contribution in [1.29, 1.82) is 0 Å². The number of aromatic nitrogens is 2. The van der Waals surface area contributed by atoms with Crippen molar-refractivity contribution in [3.8, 4) is 0 Å². The number of urea groups is 1. The fourth-order valence-electron chi connectivity index (χ4n) is 3.73. The number of nitrogens with zero attached hydrogens (tertiary/aromatic N) is 4. The van der Waals surface area contributed by atoms with Crippen molar-refractivity contribution >= 4 is 33.3 Å². The van der Waals surface area contributed by atoms with Crippen LogP contribution in [0.15, 0.2) is 23.2 Å². The molecule has 2 amide bonds. The molecule has 0 unspecified atom stereocenters. The van der Waals surface area contributed by atoms with E-state index in [2.05, 4.69) is 20.0 Å². The first-order valence-corrected chi connectivity index (χ1v) is 12.7. The summed E-state index contributed by atoms with van der Waals surface area (Å²) in [6.07, 6.45) is 0. The van der Waals surface area contributed by atoms with E-state index in [1.54, 1.807) is 19.2 Å². The minimum absolute atomic E-state index is 0. The number of aryl methyl sites for hydroxylation is 1. The van der Waals surface area contributed by atoms with E-state index in [-0.39, 0.29) is 46.4 Å². The van der Waals surface area contributed by atoms with Gasteiger partial charge < -0.3 is 14.8 Å². The van der Waals surface area contributed by atoms with Crippen LogP contribution in [0.3, 0.4) is 0 Å². The first-order chi connectivity index (χ1) is 15.5. The molecule has 9 nitrogen and oxygen atoms in total. The van der Waals surface area contributed by atoms with Gasteiger partial charge in [0.05, 0.1) is 18.9 Å². The van der Waals surface area contributed by atoms with E-state index in [9.17, 15) is 13.2 Å². The number of anilines is 1. The van der Waals surface area contributed by atoms with Gasteiger partial charge in [-0.05, 0) is 46.8 Å². The molecule has 34 heavy (non-hydrogen) atoms. The number of carbonyl (C=O) groups excluding carboxylic acids is 1. The predicted molar refractivity (Wildman–Crippen MR) is 128 cm³/mol. The summed E-state index contributed by atoms with van der Waals surface area (Å²) in [6, 6.07) is 4.04. The molecule has 182 valence electrons. The SMILES string of the molecule is CC(C)c1cc(Cl)cc(C(C)C)c1NC(=O)[N-]S(=O)(=O)c1cc(CN2CCOCC2)n(C)n1.[Na+]. The molecular weight excluding hydrogens is 489 g/mol. The summed E-state index contributed by atoms with van der Waals surface area (Å²) >= 11 is 6.27. The number of hydrogen-bond acceptors (Lipinski definition) is 6. The molecule has 1 aromatic heterocycles. The van der Waals surface area contributed by atoms with Crippen molar-refractivity contribution in [3.63, 3.8) is 0 Å². The molecule has 1 fully saturated rings. The Balaban J connectivity index is 0.00000408. The normalized spacial score (nSPS) is 14.8. The van der Waals surface area contributed by atoms with E-state index >= 15 is 0 Å². The molecule has 1 saturated heterocycles. The minimum atomic E-state index is -4.28. The van der Waals surface area contributed by atoms with E-state index in [0.717, 1.165) is 24.2 Å². The predicted octanol–water partition coefficient (Wildman–Crippen LogP) is 1.45. The Hall–Kier alpha value is -1.14. The first kappa shape index (κ1) is 29.1. The number of sulfonamides is 1. The molecular formula is C22H31ClN5NaO4S. The second-order valence-corrected chi connectivity index (χ2v) is 10.7. The number of nitrogens with one attached hydrogen (secondary N) is 1. The summed E-state index contributed by atoms with van der Waals surface area (Å²) in [6.45, 7) is 11.2. The molecule has 0 radical (unpaired) electrons. The minimum Gasteiger partial charge on any atom is -0.423 e. The molecule has 0 bridgehead atoms. The third kappa shape index (κ3) is 7.19. The number of benzene rings is 1. The summed E-state index contributed by atoms with van der Waals surface area (Å²) in [5, 5.41) is 7.08. The molecule has 0 aliphatic carbocycles. The van der Waals surface area contributed by atoms with Crippen LogP contribution in [-0.2, 0) is 28.4 Å². The standard InChI is InChI=1S/C22H32ClN5O4S.Na/c1-14(2)18-10-16(23)11-19(15(3)4)21(18)24-22(29)26-33(30,31)20-12-17(27(5)25-20)13-28-6-8-32-9-7-28;/h10-12,14-15H,6-9,13H2,1-5H3,(H2,24,26,29);/q;+1/p-1. The van der Waals surface area contributed by atoms with Crippen molar-refractivity contribution in [2.75, 3.05) is 31.6 Å². The van der Waals surface area contributed by atoms with Gasteiger partial charge in [-0.1, -0.05) is 39.3 Å². The fourth-order valence-corrected chi connectivity index (χ4v) is 4.83. The van der Waals surface area contributed by atoms with Crippen molar-refractivity contribution in [3.05, 3.63) is 44.8 Å². The van der Waals surface area contributed by atoms with Crippen LogP contribution in [0.25, 0.3) is 4.72 Å². The average molecular weight is 520 g/mol. The van der Waals surface area contributed by atoms with Gasteiger partial charge in [0.2, 0.25) is 10.0 Å². The van der Waals surface area contributed by atoms with Crippen LogP contribution in [0.1, 0.15) is 56.4 Å². The number of amides is 2. The summed E-state index contributed by atoms with van der Waals surface area (Å²) in [5.74, 6) is 0.123. The Morgan fingerprint density at radius 1 is 1.15 bits per heavy atom. The first-order valence-electron chi connectivity index (χ1n) is 10.9. The van der Waals surface area contributed by atoms with Crippen LogP contribution in [-0.4, -0.2) is 55.4 Å². The van der Waals surface area contributed by atoms with Crippen molar-refractivity contribution < 1.29 is 47.5 Å². The zero-order valence-corrected chi connectivity index (χ0v) is 24.2. The number of hydrogen-bond donors (Lipinski definition) is 1. The van der Waals surface area contributed by atoms with Gasteiger partial charge >= 0.3 is 29.6 Å². The summed E-state index contributed by atoms with van der Waals surface area (Å²) in [4.78, 5) is 14.9. The van der Waals surface area contributed by atoms with Gasteiger partial charge in [-0.15, -0.1) is 0 Å². The van der Waals surface area contributed by atoms with Gasteiger partial charge in [0, 0.05) is 31.7 Å². The molecule has 1 aliphatic heterocycles. The molecule has 2 heterocycles. The maximum Gasteiger partial charge on any atom is 1.00 e. The van der Waals surface area contributed by atoms with E-state index in [1.165, 1.54) is 10.7 Å². The number of halogens is 1. The fraction of sp³-hybridized carbons (Fsp3) is 0.545. The van der Waals surface area contributed by atoms with Crippen LogP contribution in [0.2, 0.25) is 5.02 Å². The van der Waals surface area contributed by atoms with Gasteiger partial charge in [-0.2, -0.15) is 5.10 Å². The van der Waals surface area contributed by atoms with Crippen molar-refractivity contribution in [2.45, 2.75) is 51.1 Å². The van der Waals surface area contributed by atoms with Crippen molar-refractivity contribution in [1.82, 2.24) is 14.7 Å². The largest absolute Gasteiger partial charge is 1.00 e. The topological polar surface area (TPSA) is 108 Å². The Morgan fingerprint density at radius 2 is 1.71 bits per heavy atom. The second-order valence-electron chi connectivity index (χ2n) is 8.75. The number of rotatable bonds is 7. The van der Waals surface area contributed by atoms with Gasteiger partial charge in [-0.3, -0.25) is 14.4 Å². The Morgan fingerprint density at radius 3 is 2.24 bits per heavy atom. The quantitative estimate of drug-likeness (QED) is 0.555. The van der Waals surface area contributed by atoms with E-state index in [4.69, 9.17) is 16.3 Å². The number of ether oxygens (including phenoxy) is 1. The Kier molecular flexibility index (Phi) is 10.4. The Bertz CT molecular complexity index is 1090. The number of carbonyl (C=O) groups is 1. The Labute approximate surface area is 228 Å². The molecule has 3 rings (SSSR count). The zero-order chi connectivity index (χ0) is 24.3. The second kappa shape index (κ2) is 12.2. The van der Waals surface area contributed by atoms with Crippen LogP contribution in [0.5, 0.6) is 0 Å². The zero-order valence-electron chi connectivity index (χ0n) is 20.6. The molecule has 0 atom stereocenters. The molecule has 1 N–H and O–H groups in total. The molecule has 0 saturated carbocycles. The summed E-state index contributed by atoms with van der Waals surface area (Å²) < 4.78 is 36.0. The van der Waals surface area contributed by atoms with Gasteiger partial charge in [-0.25, -0.2) is 8.42 Å². The van der Waals surface area contributed by atoms with Gasteiger partial charge in [0.15, 0.2) is 11.1 Å². The van der Waals surface area contributed by atoms with Gasteiger partial charge in [0.25, 0.3) is 0 Å². The smallest absolute Gasteiger partial charge is 0.423 e. The monoisotopic (exact) mass is 519 g/mol. The molecule has 0 spiro atoms. The molecule has 2 aromatic rings. The molecule has 1 aromatic carbocycles. The maximum absolute atomic E-state index is 12.8. The third-order valence-electron chi connectivity index (χ3n) is 5.55. The number of morpholine rings is 1. The van der Waals surface area contributed by atoms with Crippen LogP contribution >= 0.6 is 11.6 Å². The van der Waals surface area contributed by atoms with E-state index in [1.807, 2.05) is 27.7 Å². The van der Waals surface area contributed by atoms with E-state index < -0.39 is 16.1 Å². The van der Waals surface area contributed by atoms with E-state index in [0.29, 0.717) is 36.2 Å². The maximum atomic E-state index is 12.8. The summed E-state index contributed by atoms with van der Waals surface area (Å²) in [5.41, 5.74) is 2.89. The van der Waals surface area contributed by atoms with Crippen LogP contribution < -0.4 is 34.9 Å². The molecule has 1 aliphatic rings. The summed E-state index contributed by atoms with van der Waals surface area (Å²) in [7, 11) is -2.61. The average Bonchev–Trinajstić information content (AvgIpc) is 3.10. The van der Waals surface area contributed by atoms with Crippen LogP contribution in [0, 0.1) is 0 Å².